The molecule has 5 aromatic carbocycles. The Morgan fingerprint density at radius 1 is 0.606 bits per heavy atom. The van der Waals surface area contributed by atoms with Crippen molar-refractivity contribution in [3.05, 3.63) is 159 Å². The quantitative estimate of drug-likeness (QED) is 0.160. The molecule has 1 aliphatic heterocycles. The highest BCUT2D eigenvalue weighted by Crippen LogP contribution is 2.58. The molecule has 0 saturated carbocycles. The molecule has 0 bridgehead atoms. The maximum atomic E-state index is 7.15. The predicted molar refractivity (Wildman–Crippen MR) is 280 cm³/mol. The van der Waals surface area contributed by atoms with Crippen molar-refractivity contribution in [1.29, 1.82) is 0 Å². The minimum atomic E-state index is -0.489. The van der Waals surface area contributed by atoms with E-state index in [4.69, 9.17) is 14.7 Å². The summed E-state index contributed by atoms with van der Waals surface area (Å²) in [6.45, 7) is 39.2. The Morgan fingerprint density at radius 3 is 1.88 bits per heavy atom. The number of aromatic nitrogens is 2. The molecule has 7 aromatic rings. The summed E-state index contributed by atoms with van der Waals surface area (Å²) in [4.78, 5) is 13.7. The molecule has 2 aliphatic rings. The Labute approximate surface area is 395 Å². The van der Waals surface area contributed by atoms with E-state index in [2.05, 4.69) is 224 Å². The monoisotopic (exact) mass is 877 g/mol. The van der Waals surface area contributed by atoms with Crippen molar-refractivity contribution < 1.29 is 4.74 Å². The molecule has 1 aliphatic carbocycles. The Hall–Kier alpha value is -5.68. The zero-order valence-electron chi connectivity index (χ0n) is 42.9. The first kappa shape index (κ1) is 45.5. The van der Waals surface area contributed by atoms with E-state index in [1.165, 1.54) is 66.5 Å². The average Bonchev–Trinajstić information content (AvgIpc) is 3.76. The van der Waals surface area contributed by atoms with Gasteiger partial charge in [0.05, 0.1) is 22.3 Å². The molecule has 0 unspecified atom stereocenters. The maximum Gasteiger partial charge on any atom is 0.137 e. The second-order valence-corrected chi connectivity index (χ2v) is 23.7. The molecule has 66 heavy (non-hydrogen) atoms. The van der Waals surface area contributed by atoms with Crippen molar-refractivity contribution in [2.45, 2.75) is 163 Å². The van der Waals surface area contributed by atoms with Crippen molar-refractivity contribution >= 4 is 33.3 Å². The van der Waals surface area contributed by atoms with E-state index < -0.39 is 5.54 Å². The fourth-order valence-electron chi connectivity index (χ4n) is 10.7. The molecular formula is C61H72N4O. The third kappa shape index (κ3) is 7.36. The lowest BCUT2D eigenvalue weighted by molar-refractivity contribution is 0.321. The van der Waals surface area contributed by atoms with Gasteiger partial charge in [0.15, 0.2) is 0 Å². The number of rotatable bonds is 7. The highest BCUT2D eigenvalue weighted by atomic mass is 16.5. The van der Waals surface area contributed by atoms with Crippen molar-refractivity contribution in [1.82, 2.24) is 9.55 Å². The number of hydrogen-bond acceptors (Lipinski definition) is 4. The van der Waals surface area contributed by atoms with Crippen LogP contribution in [0.1, 0.15) is 171 Å². The molecule has 5 nitrogen and oxygen atoms in total. The first-order chi connectivity index (χ1) is 30.8. The minimum Gasteiger partial charge on any atom is -0.457 e. The SMILES string of the molecule is Cc1cc2c(cc1C)[C@@]1(C)N=C(c3cc(Oc4ccc5c6cc(C(C)(C)C)ccc6n(-c6cc(C(C)(C)C)ccn6)c5c4)cc(C(C)(C)C)c3)N(c3c(C(C)C)cccc3C(C)C)[C@@]1(C)C2. The summed E-state index contributed by atoms with van der Waals surface area (Å²) in [5, 5.41) is 2.39. The smallest absolute Gasteiger partial charge is 0.137 e. The van der Waals surface area contributed by atoms with Gasteiger partial charge in [-0.05, 0) is 167 Å². The lowest BCUT2D eigenvalue weighted by atomic mass is 9.78. The lowest BCUT2D eigenvalue weighted by Gasteiger charge is -2.44. The zero-order valence-corrected chi connectivity index (χ0v) is 42.9. The Morgan fingerprint density at radius 2 is 1.24 bits per heavy atom. The van der Waals surface area contributed by atoms with E-state index in [0.29, 0.717) is 11.8 Å². The zero-order chi connectivity index (χ0) is 47.6. The molecule has 9 rings (SSSR count). The van der Waals surface area contributed by atoms with Crippen molar-refractivity contribution in [3.63, 3.8) is 0 Å². The van der Waals surface area contributed by atoms with Crippen LogP contribution in [0.25, 0.3) is 27.6 Å². The number of fused-ring (bicyclic) bond motifs is 6. The molecule has 0 amide bonds. The van der Waals surface area contributed by atoms with E-state index in [0.717, 1.165) is 46.2 Å². The summed E-state index contributed by atoms with van der Waals surface area (Å²) in [5.41, 5.74) is 15.4. The number of anilines is 1. The topological polar surface area (TPSA) is 42.6 Å². The van der Waals surface area contributed by atoms with Crippen molar-refractivity contribution in [3.8, 4) is 17.3 Å². The molecule has 3 heterocycles. The van der Waals surface area contributed by atoms with Gasteiger partial charge in [0.2, 0.25) is 0 Å². The van der Waals surface area contributed by atoms with Gasteiger partial charge in [0.1, 0.15) is 28.7 Å². The summed E-state index contributed by atoms with van der Waals surface area (Å²) in [6.07, 6.45) is 2.85. The number of pyridine rings is 1. The summed E-state index contributed by atoms with van der Waals surface area (Å²) in [6, 6.07) is 36.5. The van der Waals surface area contributed by atoms with Gasteiger partial charge in [0.25, 0.3) is 0 Å². The van der Waals surface area contributed by atoms with Crippen LogP contribution in [-0.2, 0) is 28.2 Å². The van der Waals surface area contributed by atoms with Crippen LogP contribution < -0.4 is 9.64 Å². The van der Waals surface area contributed by atoms with Crippen LogP contribution in [0.15, 0.2) is 108 Å². The highest BCUT2D eigenvalue weighted by Gasteiger charge is 2.61. The second-order valence-electron chi connectivity index (χ2n) is 23.7. The van der Waals surface area contributed by atoms with E-state index in [1.54, 1.807) is 0 Å². The molecule has 0 fully saturated rings. The van der Waals surface area contributed by atoms with Gasteiger partial charge in [-0.3, -0.25) is 9.56 Å². The van der Waals surface area contributed by atoms with Crippen molar-refractivity contribution in [2.24, 2.45) is 4.99 Å². The van der Waals surface area contributed by atoms with E-state index in [-0.39, 0.29) is 21.8 Å². The molecule has 2 aromatic heterocycles. The number of ether oxygens (including phenoxy) is 1. The third-order valence-electron chi connectivity index (χ3n) is 15.1. The van der Waals surface area contributed by atoms with E-state index >= 15 is 0 Å². The number of amidine groups is 1. The first-order valence-electron chi connectivity index (χ1n) is 24.3. The van der Waals surface area contributed by atoms with Gasteiger partial charge in [-0.15, -0.1) is 0 Å². The first-order valence-corrected chi connectivity index (χ1v) is 24.3. The normalized spacial score (nSPS) is 18.8. The average molecular weight is 877 g/mol. The van der Waals surface area contributed by atoms with Crippen LogP contribution in [0.5, 0.6) is 11.5 Å². The van der Waals surface area contributed by atoms with Gasteiger partial charge in [0, 0.05) is 28.6 Å². The molecule has 0 saturated heterocycles. The van der Waals surface area contributed by atoms with Crippen LogP contribution in [0.3, 0.4) is 0 Å². The standard InChI is InChI=1S/C61H72N4O/c1-36(2)47-19-18-20-48(37(3)4)55(47)65-56(63-61(17)51-28-39(6)38(5)27-41(51)35-60(61,65)16)40-29-44(59(13,14)15)31-46(30-40)66-45-22-23-49-50-32-42(57(7,8)9)21-24-52(50)64(53(49)34-45)54-33-43(25-26-62-54)58(10,11)12/h18-34,36-37H,35H2,1-17H3/t60-,61+/m0/s1. The number of benzene rings is 5. The predicted octanol–water partition coefficient (Wildman–Crippen LogP) is 16.2. The fraction of sp³-hybridized carbons (Fsp3) is 0.410. The Kier molecular flexibility index (Phi) is 10.6. The van der Waals surface area contributed by atoms with Crippen molar-refractivity contribution in [2.75, 3.05) is 4.90 Å². The summed E-state index contributed by atoms with van der Waals surface area (Å²) in [5.74, 6) is 4.12. The van der Waals surface area contributed by atoms with E-state index in [1.807, 2.05) is 6.20 Å². The lowest BCUT2D eigenvalue weighted by Crippen LogP contribution is -2.54. The second kappa shape index (κ2) is 15.4. The Balaban J connectivity index is 1.25. The van der Waals surface area contributed by atoms with Gasteiger partial charge in [-0.1, -0.05) is 126 Å². The number of aliphatic imine (C=N–C) groups is 1. The van der Waals surface area contributed by atoms with Crippen LogP contribution >= 0.6 is 0 Å². The Bertz CT molecular complexity index is 3080. The molecule has 342 valence electrons. The van der Waals surface area contributed by atoms with Crippen LogP contribution in [0.4, 0.5) is 5.69 Å². The molecule has 0 N–H and O–H groups in total. The summed E-state index contributed by atoms with van der Waals surface area (Å²) >= 11 is 0. The fourth-order valence-corrected chi connectivity index (χ4v) is 10.7. The number of nitrogens with zero attached hydrogens (tertiary/aromatic N) is 4. The van der Waals surface area contributed by atoms with Gasteiger partial charge >= 0.3 is 0 Å². The molecule has 2 atom stereocenters. The van der Waals surface area contributed by atoms with Gasteiger partial charge < -0.3 is 9.64 Å². The minimum absolute atomic E-state index is 0.00707. The maximum absolute atomic E-state index is 7.15. The number of hydrogen-bond donors (Lipinski definition) is 0. The molecule has 5 heteroatoms. The summed E-state index contributed by atoms with van der Waals surface area (Å²) in [7, 11) is 0. The molecule has 0 radical (unpaired) electrons. The van der Waals surface area contributed by atoms with Crippen LogP contribution in [0.2, 0.25) is 0 Å². The van der Waals surface area contributed by atoms with Gasteiger partial charge in [-0.25, -0.2) is 4.98 Å². The number of para-hydroxylation sites is 1. The highest BCUT2D eigenvalue weighted by molar-refractivity contribution is 6.15. The van der Waals surface area contributed by atoms with Crippen LogP contribution in [-0.4, -0.2) is 20.9 Å². The van der Waals surface area contributed by atoms with Crippen LogP contribution in [0, 0.1) is 13.8 Å². The number of aryl methyl sites for hydroxylation is 2. The van der Waals surface area contributed by atoms with E-state index in [9.17, 15) is 0 Å². The third-order valence-corrected chi connectivity index (χ3v) is 15.1. The molecule has 0 spiro atoms. The largest absolute Gasteiger partial charge is 0.457 e. The summed E-state index contributed by atoms with van der Waals surface area (Å²) < 4.78 is 9.47. The van der Waals surface area contributed by atoms with Gasteiger partial charge in [-0.2, -0.15) is 0 Å². The molecular weight excluding hydrogens is 805 g/mol.